The normalized spacial score (nSPS) is 36.1. The first-order valence-corrected chi connectivity index (χ1v) is 3.40. The summed E-state index contributed by atoms with van der Waals surface area (Å²) >= 11 is 0. The standard InChI is InChI=1S/C7H12O2/c1-6-2-3-9-7(4-6)5-8/h5-7H,2-4H2,1H3/t6-,7+/m1/s1. The Morgan fingerprint density at radius 2 is 2.44 bits per heavy atom. The molecule has 2 heteroatoms. The number of aldehydes is 1. The molecule has 1 aliphatic rings. The zero-order valence-corrected chi connectivity index (χ0v) is 5.67. The van der Waals surface area contributed by atoms with Crippen LogP contribution in [0.25, 0.3) is 0 Å². The Hall–Kier alpha value is -0.370. The smallest absolute Gasteiger partial charge is 0.148 e. The molecule has 1 heterocycles. The average Bonchev–Trinajstić information content (AvgIpc) is 1.88. The number of rotatable bonds is 1. The van der Waals surface area contributed by atoms with Crippen LogP contribution >= 0.6 is 0 Å². The Bertz CT molecular complexity index is 101. The second kappa shape index (κ2) is 2.97. The fourth-order valence-corrected chi connectivity index (χ4v) is 1.10. The topological polar surface area (TPSA) is 26.3 Å². The predicted molar refractivity (Wildman–Crippen MR) is 34.2 cm³/mol. The lowest BCUT2D eigenvalue weighted by molar-refractivity contribution is -0.122. The van der Waals surface area contributed by atoms with E-state index in [0.717, 1.165) is 25.7 Å². The molecule has 0 unspecified atom stereocenters. The maximum absolute atomic E-state index is 10.2. The van der Waals surface area contributed by atoms with Crippen molar-refractivity contribution in [3.8, 4) is 0 Å². The van der Waals surface area contributed by atoms with Crippen molar-refractivity contribution >= 4 is 6.29 Å². The van der Waals surface area contributed by atoms with E-state index < -0.39 is 0 Å². The van der Waals surface area contributed by atoms with Crippen molar-refractivity contribution in [3.63, 3.8) is 0 Å². The van der Waals surface area contributed by atoms with Crippen molar-refractivity contribution in [3.05, 3.63) is 0 Å². The largest absolute Gasteiger partial charge is 0.371 e. The summed E-state index contributed by atoms with van der Waals surface area (Å²) in [5.41, 5.74) is 0. The summed E-state index contributed by atoms with van der Waals surface area (Å²) in [6.07, 6.45) is 2.79. The van der Waals surface area contributed by atoms with Gasteiger partial charge in [-0.1, -0.05) is 6.92 Å². The Balaban J connectivity index is 2.31. The van der Waals surface area contributed by atoms with Gasteiger partial charge in [0.25, 0.3) is 0 Å². The predicted octanol–water partition coefficient (Wildman–Crippen LogP) is 1.00. The summed E-state index contributed by atoms with van der Waals surface area (Å²) < 4.78 is 5.13. The summed E-state index contributed by atoms with van der Waals surface area (Å²) in [4.78, 5) is 10.2. The van der Waals surface area contributed by atoms with Crippen LogP contribution in [0.4, 0.5) is 0 Å². The van der Waals surface area contributed by atoms with Gasteiger partial charge in [0.05, 0.1) is 0 Å². The van der Waals surface area contributed by atoms with E-state index in [-0.39, 0.29) is 6.10 Å². The molecule has 9 heavy (non-hydrogen) atoms. The fraction of sp³-hybridized carbons (Fsp3) is 0.857. The zero-order valence-electron chi connectivity index (χ0n) is 5.67. The van der Waals surface area contributed by atoms with Gasteiger partial charge >= 0.3 is 0 Å². The third-order valence-corrected chi connectivity index (χ3v) is 1.73. The quantitative estimate of drug-likeness (QED) is 0.492. The average molecular weight is 128 g/mol. The van der Waals surface area contributed by atoms with Crippen LogP contribution in [0.15, 0.2) is 0 Å². The van der Waals surface area contributed by atoms with E-state index >= 15 is 0 Å². The van der Waals surface area contributed by atoms with Crippen LogP contribution in [0.1, 0.15) is 19.8 Å². The minimum absolute atomic E-state index is 0.117. The van der Waals surface area contributed by atoms with Crippen LogP contribution in [0.3, 0.4) is 0 Å². The molecule has 52 valence electrons. The third-order valence-electron chi connectivity index (χ3n) is 1.73. The Labute approximate surface area is 55.2 Å². The number of hydrogen-bond acceptors (Lipinski definition) is 2. The number of hydrogen-bond donors (Lipinski definition) is 0. The molecule has 0 aromatic heterocycles. The van der Waals surface area contributed by atoms with Crippen molar-refractivity contribution in [2.45, 2.75) is 25.9 Å². The first-order chi connectivity index (χ1) is 4.33. The van der Waals surface area contributed by atoms with E-state index in [2.05, 4.69) is 6.92 Å². The molecule has 0 saturated carbocycles. The van der Waals surface area contributed by atoms with Crippen molar-refractivity contribution in [2.75, 3.05) is 6.61 Å². The Morgan fingerprint density at radius 3 is 2.89 bits per heavy atom. The van der Waals surface area contributed by atoms with Crippen molar-refractivity contribution in [1.82, 2.24) is 0 Å². The minimum atomic E-state index is -0.117. The van der Waals surface area contributed by atoms with Crippen LogP contribution in [0, 0.1) is 5.92 Å². The van der Waals surface area contributed by atoms with Crippen molar-refractivity contribution in [1.29, 1.82) is 0 Å². The molecule has 0 radical (unpaired) electrons. The number of carbonyl (C=O) groups is 1. The van der Waals surface area contributed by atoms with Crippen molar-refractivity contribution < 1.29 is 9.53 Å². The molecule has 0 aromatic carbocycles. The summed E-state index contributed by atoms with van der Waals surface area (Å²) in [5, 5.41) is 0. The van der Waals surface area contributed by atoms with E-state index in [9.17, 15) is 4.79 Å². The summed E-state index contributed by atoms with van der Waals surface area (Å²) in [6, 6.07) is 0. The third kappa shape index (κ3) is 1.79. The molecule has 0 aliphatic carbocycles. The summed E-state index contributed by atoms with van der Waals surface area (Å²) in [6.45, 7) is 2.91. The second-order valence-corrected chi connectivity index (χ2v) is 2.67. The van der Waals surface area contributed by atoms with Gasteiger partial charge in [-0.05, 0) is 18.8 Å². The number of carbonyl (C=O) groups excluding carboxylic acids is 1. The van der Waals surface area contributed by atoms with Gasteiger partial charge in [-0.2, -0.15) is 0 Å². The maximum Gasteiger partial charge on any atom is 0.148 e. The monoisotopic (exact) mass is 128 g/mol. The number of ether oxygens (including phenoxy) is 1. The fourth-order valence-electron chi connectivity index (χ4n) is 1.10. The van der Waals surface area contributed by atoms with E-state index in [4.69, 9.17) is 4.74 Å². The van der Waals surface area contributed by atoms with Gasteiger partial charge in [-0.15, -0.1) is 0 Å². The lowest BCUT2D eigenvalue weighted by atomic mass is 9.99. The van der Waals surface area contributed by atoms with Gasteiger partial charge in [0.15, 0.2) is 0 Å². The molecule has 1 aliphatic heterocycles. The van der Waals surface area contributed by atoms with Crippen LogP contribution < -0.4 is 0 Å². The molecule has 2 nitrogen and oxygen atoms in total. The van der Waals surface area contributed by atoms with E-state index in [1.54, 1.807) is 0 Å². The molecule has 1 fully saturated rings. The SMILES string of the molecule is C[C@@H]1CCO[C@H](C=O)C1. The maximum atomic E-state index is 10.2. The summed E-state index contributed by atoms with van der Waals surface area (Å²) in [7, 11) is 0. The first-order valence-electron chi connectivity index (χ1n) is 3.40. The van der Waals surface area contributed by atoms with Gasteiger partial charge in [-0.3, -0.25) is 0 Å². The van der Waals surface area contributed by atoms with Gasteiger partial charge in [0, 0.05) is 6.61 Å². The van der Waals surface area contributed by atoms with E-state index in [1.165, 1.54) is 0 Å². The first kappa shape index (κ1) is 6.75. The van der Waals surface area contributed by atoms with E-state index in [0.29, 0.717) is 5.92 Å². The van der Waals surface area contributed by atoms with Crippen LogP contribution in [-0.4, -0.2) is 19.0 Å². The second-order valence-electron chi connectivity index (χ2n) is 2.67. The van der Waals surface area contributed by atoms with Gasteiger partial charge in [0.1, 0.15) is 12.4 Å². The molecule has 1 rings (SSSR count). The summed E-state index contributed by atoms with van der Waals surface area (Å²) in [5.74, 6) is 0.661. The van der Waals surface area contributed by atoms with E-state index in [1.807, 2.05) is 0 Å². The molecule has 2 atom stereocenters. The molecule has 0 bridgehead atoms. The minimum Gasteiger partial charge on any atom is -0.371 e. The Morgan fingerprint density at radius 1 is 1.67 bits per heavy atom. The molecular formula is C7H12O2. The van der Waals surface area contributed by atoms with Crippen molar-refractivity contribution in [2.24, 2.45) is 5.92 Å². The lowest BCUT2D eigenvalue weighted by Crippen LogP contribution is -2.25. The zero-order chi connectivity index (χ0) is 6.69. The molecular weight excluding hydrogens is 116 g/mol. The van der Waals surface area contributed by atoms with Crippen LogP contribution in [-0.2, 0) is 9.53 Å². The highest BCUT2D eigenvalue weighted by atomic mass is 16.5. The van der Waals surface area contributed by atoms with Crippen LogP contribution in [0.2, 0.25) is 0 Å². The molecule has 0 spiro atoms. The van der Waals surface area contributed by atoms with Gasteiger partial charge < -0.3 is 9.53 Å². The lowest BCUT2D eigenvalue weighted by Gasteiger charge is -2.22. The van der Waals surface area contributed by atoms with Gasteiger partial charge in [0.2, 0.25) is 0 Å². The molecule has 0 N–H and O–H groups in total. The van der Waals surface area contributed by atoms with Crippen LogP contribution in [0.5, 0.6) is 0 Å². The molecule has 0 aromatic rings. The highest BCUT2D eigenvalue weighted by molar-refractivity contribution is 5.56. The van der Waals surface area contributed by atoms with Gasteiger partial charge in [-0.25, -0.2) is 0 Å². The highest BCUT2D eigenvalue weighted by Crippen LogP contribution is 2.17. The molecule has 0 amide bonds. The highest BCUT2D eigenvalue weighted by Gasteiger charge is 2.17. The Kier molecular flexibility index (Phi) is 2.22. The molecule has 1 saturated heterocycles.